The summed E-state index contributed by atoms with van der Waals surface area (Å²) in [6.07, 6.45) is 1.16. The van der Waals surface area contributed by atoms with Gasteiger partial charge in [-0.2, -0.15) is 0 Å². The van der Waals surface area contributed by atoms with Crippen LogP contribution in [0.15, 0.2) is 51.9 Å². The van der Waals surface area contributed by atoms with E-state index in [1.807, 2.05) is 18.2 Å². The Labute approximate surface area is 175 Å². The summed E-state index contributed by atoms with van der Waals surface area (Å²) in [7, 11) is 5.04. The quantitative estimate of drug-likeness (QED) is 0.518. The van der Waals surface area contributed by atoms with Gasteiger partial charge in [-0.1, -0.05) is 22.0 Å². The molecule has 1 unspecified atom stereocenters. The molecule has 0 spiro atoms. The van der Waals surface area contributed by atoms with Gasteiger partial charge in [-0.15, -0.1) is 0 Å². The van der Waals surface area contributed by atoms with Crippen molar-refractivity contribution in [3.05, 3.63) is 46.9 Å². The minimum atomic E-state index is 0.572. The molecule has 1 aliphatic rings. The Kier molecular flexibility index (Phi) is 7.03. The van der Waals surface area contributed by atoms with E-state index in [9.17, 15) is 0 Å². The van der Waals surface area contributed by atoms with E-state index in [0.717, 1.165) is 42.2 Å². The summed E-state index contributed by atoms with van der Waals surface area (Å²) in [5.41, 5.74) is 2.16. The number of rotatable bonds is 6. The van der Waals surface area contributed by atoms with Gasteiger partial charge in [0.1, 0.15) is 0 Å². The van der Waals surface area contributed by atoms with E-state index in [1.54, 1.807) is 21.3 Å². The number of halogens is 1. The van der Waals surface area contributed by atoms with Crippen molar-refractivity contribution in [2.45, 2.75) is 6.42 Å². The Morgan fingerprint density at radius 2 is 2.00 bits per heavy atom. The number of aliphatic imine (C=N–C) groups is 1. The normalized spacial score (nSPS) is 16.8. The van der Waals surface area contributed by atoms with Crippen molar-refractivity contribution < 1.29 is 9.47 Å². The van der Waals surface area contributed by atoms with Crippen LogP contribution in [0.25, 0.3) is 0 Å². The standard InChI is InChI=1S/C21H27BrN4O2/c1-23-21(25-17-7-8-19(27-2)20(12-17)28-3)24-13-15-9-10-26(14-15)18-6-4-5-16(22)11-18/h4-8,11-12,15H,9-10,13-14H2,1-3H3,(H2,23,24,25). The molecule has 7 heteroatoms. The lowest BCUT2D eigenvalue weighted by Crippen LogP contribution is -2.35. The van der Waals surface area contributed by atoms with Gasteiger partial charge < -0.3 is 25.0 Å². The van der Waals surface area contributed by atoms with Gasteiger partial charge in [-0.25, -0.2) is 0 Å². The molecule has 1 saturated heterocycles. The summed E-state index contributed by atoms with van der Waals surface area (Å²) in [4.78, 5) is 6.77. The minimum absolute atomic E-state index is 0.572. The van der Waals surface area contributed by atoms with Crippen molar-refractivity contribution >= 4 is 33.3 Å². The van der Waals surface area contributed by atoms with E-state index in [1.165, 1.54) is 5.69 Å². The van der Waals surface area contributed by atoms with E-state index in [0.29, 0.717) is 17.4 Å². The van der Waals surface area contributed by atoms with E-state index >= 15 is 0 Å². The Balaban J connectivity index is 1.53. The first-order valence-corrected chi connectivity index (χ1v) is 10.1. The molecule has 2 aromatic carbocycles. The zero-order valence-electron chi connectivity index (χ0n) is 16.5. The van der Waals surface area contributed by atoms with Gasteiger partial charge in [-0.05, 0) is 42.7 Å². The SMILES string of the molecule is CN=C(NCC1CCN(c2cccc(Br)c2)C1)Nc1ccc(OC)c(OC)c1. The molecule has 150 valence electrons. The molecule has 0 bridgehead atoms. The Hall–Kier alpha value is -2.41. The molecule has 0 radical (unpaired) electrons. The molecule has 1 atom stereocenters. The molecule has 1 aliphatic heterocycles. The van der Waals surface area contributed by atoms with Crippen molar-refractivity contribution in [2.24, 2.45) is 10.9 Å². The molecule has 0 aliphatic carbocycles. The molecule has 6 nitrogen and oxygen atoms in total. The second-order valence-corrected chi connectivity index (χ2v) is 7.64. The highest BCUT2D eigenvalue weighted by Gasteiger charge is 2.23. The van der Waals surface area contributed by atoms with Crippen LogP contribution < -0.4 is 25.0 Å². The molecule has 2 N–H and O–H groups in total. The fourth-order valence-electron chi connectivity index (χ4n) is 3.38. The highest BCUT2D eigenvalue weighted by molar-refractivity contribution is 9.10. The van der Waals surface area contributed by atoms with Crippen LogP contribution in [0.3, 0.4) is 0 Å². The molecule has 2 aromatic rings. The Bertz CT molecular complexity index is 828. The summed E-state index contributed by atoms with van der Waals surface area (Å²) in [6.45, 7) is 2.98. The summed E-state index contributed by atoms with van der Waals surface area (Å²) in [6, 6.07) is 14.2. The minimum Gasteiger partial charge on any atom is -0.493 e. The van der Waals surface area contributed by atoms with E-state index in [2.05, 4.69) is 60.7 Å². The number of anilines is 2. The first-order valence-electron chi connectivity index (χ1n) is 9.33. The number of benzene rings is 2. The molecule has 0 aromatic heterocycles. The van der Waals surface area contributed by atoms with Crippen LogP contribution in [0.5, 0.6) is 11.5 Å². The Morgan fingerprint density at radius 1 is 1.18 bits per heavy atom. The molecule has 0 amide bonds. The highest BCUT2D eigenvalue weighted by Crippen LogP contribution is 2.30. The van der Waals surface area contributed by atoms with E-state index in [4.69, 9.17) is 9.47 Å². The fraction of sp³-hybridized carbons (Fsp3) is 0.381. The average Bonchev–Trinajstić information content (AvgIpc) is 3.20. The maximum atomic E-state index is 5.36. The van der Waals surface area contributed by atoms with Crippen LogP contribution in [-0.2, 0) is 0 Å². The maximum Gasteiger partial charge on any atom is 0.195 e. The fourth-order valence-corrected chi connectivity index (χ4v) is 3.76. The molecule has 3 rings (SSSR count). The summed E-state index contributed by atoms with van der Waals surface area (Å²) in [5, 5.41) is 6.75. The topological polar surface area (TPSA) is 58.1 Å². The maximum absolute atomic E-state index is 5.36. The number of hydrogen-bond acceptors (Lipinski definition) is 4. The van der Waals surface area contributed by atoms with Gasteiger partial charge in [0.25, 0.3) is 0 Å². The molecule has 0 saturated carbocycles. The van der Waals surface area contributed by atoms with Crippen molar-refractivity contribution in [3.8, 4) is 11.5 Å². The van der Waals surface area contributed by atoms with Crippen LogP contribution in [0, 0.1) is 5.92 Å². The van der Waals surface area contributed by atoms with Crippen molar-refractivity contribution in [1.29, 1.82) is 0 Å². The Morgan fingerprint density at radius 3 is 2.71 bits per heavy atom. The predicted octanol–water partition coefficient (Wildman–Crippen LogP) is 3.98. The third-order valence-electron chi connectivity index (χ3n) is 4.89. The van der Waals surface area contributed by atoms with E-state index < -0.39 is 0 Å². The van der Waals surface area contributed by atoms with Crippen LogP contribution in [0.2, 0.25) is 0 Å². The van der Waals surface area contributed by atoms with Gasteiger partial charge in [0.15, 0.2) is 17.5 Å². The molecule has 28 heavy (non-hydrogen) atoms. The van der Waals surface area contributed by atoms with Crippen molar-refractivity contribution in [1.82, 2.24) is 5.32 Å². The number of ether oxygens (including phenoxy) is 2. The number of hydrogen-bond donors (Lipinski definition) is 2. The van der Waals surface area contributed by atoms with Crippen molar-refractivity contribution in [3.63, 3.8) is 0 Å². The second kappa shape index (κ2) is 9.68. The molecule has 1 fully saturated rings. The third-order valence-corrected chi connectivity index (χ3v) is 5.38. The molecule has 1 heterocycles. The zero-order chi connectivity index (χ0) is 19.9. The lowest BCUT2D eigenvalue weighted by molar-refractivity contribution is 0.355. The van der Waals surface area contributed by atoms with Gasteiger partial charge >= 0.3 is 0 Å². The van der Waals surface area contributed by atoms with Crippen LogP contribution in [-0.4, -0.2) is 46.9 Å². The highest BCUT2D eigenvalue weighted by atomic mass is 79.9. The summed E-state index contributed by atoms with van der Waals surface area (Å²) in [5.74, 6) is 2.70. The molecular formula is C21H27BrN4O2. The van der Waals surface area contributed by atoms with E-state index in [-0.39, 0.29) is 0 Å². The number of guanidine groups is 1. The number of nitrogens with zero attached hydrogens (tertiary/aromatic N) is 2. The smallest absolute Gasteiger partial charge is 0.195 e. The van der Waals surface area contributed by atoms with Crippen LogP contribution in [0.1, 0.15) is 6.42 Å². The van der Waals surface area contributed by atoms with Crippen LogP contribution in [0.4, 0.5) is 11.4 Å². The van der Waals surface area contributed by atoms with Gasteiger partial charge in [0.2, 0.25) is 0 Å². The number of nitrogens with one attached hydrogen (secondary N) is 2. The third kappa shape index (κ3) is 5.10. The first-order chi connectivity index (χ1) is 13.6. The first kappa shape index (κ1) is 20.3. The monoisotopic (exact) mass is 446 g/mol. The lowest BCUT2D eigenvalue weighted by atomic mass is 10.1. The summed E-state index contributed by atoms with van der Waals surface area (Å²) < 4.78 is 11.8. The average molecular weight is 447 g/mol. The summed E-state index contributed by atoms with van der Waals surface area (Å²) >= 11 is 3.55. The number of methoxy groups -OCH3 is 2. The van der Waals surface area contributed by atoms with Crippen LogP contribution >= 0.6 is 15.9 Å². The van der Waals surface area contributed by atoms with Crippen molar-refractivity contribution in [2.75, 3.05) is 51.1 Å². The van der Waals surface area contributed by atoms with Gasteiger partial charge in [0.05, 0.1) is 14.2 Å². The predicted molar refractivity (Wildman–Crippen MR) is 119 cm³/mol. The van der Waals surface area contributed by atoms with Gasteiger partial charge in [-0.3, -0.25) is 4.99 Å². The lowest BCUT2D eigenvalue weighted by Gasteiger charge is -2.20. The largest absolute Gasteiger partial charge is 0.493 e. The van der Waals surface area contributed by atoms with Gasteiger partial charge in [0, 0.05) is 48.6 Å². The second-order valence-electron chi connectivity index (χ2n) is 6.73. The zero-order valence-corrected chi connectivity index (χ0v) is 18.1. The molecular weight excluding hydrogens is 420 g/mol.